The van der Waals surface area contributed by atoms with Crippen LogP contribution in [-0.2, 0) is 0 Å². The largest absolute Gasteiger partial charge is 0.222 e. The Hall–Kier alpha value is -0.0800. The predicted molar refractivity (Wildman–Crippen MR) is 34.6 cm³/mol. The molecule has 2 heteroatoms. The highest BCUT2D eigenvalue weighted by atomic mass is 15.8. The molecule has 2 atom stereocenters. The molecule has 1 aliphatic heterocycles. The lowest BCUT2D eigenvalue weighted by Crippen LogP contribution is -2.10. The van der Waals surface area contributed by atoms with Gasteiger partial charge in [0.25, 0.3) is 0 Å². The van der Waals surface area contributed by atoms with Gasteiger partial charge in [-0.15, -0.1) is 0 Å². The van der Waals surface area contributed by atoms with Gasteiger partial charge in [0.05, 0.1) is 6.67 Å². The maximum atomic E-state index is 2.54. The first-order chi connectivity index (χ1) is 4.45. The first-order valence-corrected chi connectivity index (χ1v) is 3.98. The molecule has 2 unspecified atom stereocenters. The quantitative estimate of drug-likeness (QED) is 0.502. The Morgan fingerprint density at radius 3 is 1.56 bits per heavy atom. The van der Waals surface area contributed by atoms with E-state index in [1.54, 1.807) is 0 Å². The van der Waals surface area contributed by atoms with Crippen molar-refractivity contribution in [3.05, 3.63) is 0 Å². The minimum atomic E-state index is 0.977. The van der Waals surface area contributed by atoms with Crippen molar-refractivity contribution >= 4 is 0 Å². The van der Waals surface area contributed by atoms with Gasteiger partial charge >= 0.3 is 0 Å². The Kier molecular flexibility index (Phi) is 0.691. The van der Waals surface area contributed by atoms with Gasteiger partial charge in [-0.05, 0) is 25.7 Å². The van der Waals surface area contributed by atoms with Crippen molar-refractivity contribution in [1.82, 2.24) is 10.0 Å². The van der Waals surface area contributed by atoms with E-state index in [1.165, 1.54) is 32.4 Å². The molecule has 2 saturated carbocycles. The summed E-state index contributed by atoms with van der Waals surface area (Å²) < 4.78 is 0. The van der Waals surface area contributed by atoms with Crippen LogP contribution >= 0.6 is 0 Å². The first-order valence-electron chi connectivity index (χ1n) is 3.98. The fourth-order valence-electron chi connectivity index (χ4n) is 1.52. The van der Waals surface area contributed by atoms with Gasteiger partial charge in [0.15, 0.2) is 0 Å². The lowest BCUT2D eigenvalue weighted by atomic mass is 10.7. The zero-order valence-corrected chi connectivity index (χ0v) is 5.58. The number of hydrogen-bond donors (Lipinski definition) is 0. The van der Waals surface area contributed by atoms with Crippen LogP contribution in [-0.4, -0.2) is 28.8 Å². The third-order valence-corrected chi connectivity index (χ3v) is 2.47. The molecule has 2 nitrogen and oxygen atoms in total. The van der Waals surface area contributed by atoms with E-state index in [1.807, 2.05) is 0 Å². The molecule has 3 aliphatic rings. The normalized spacial score (nSPS) is 49.3. The number of rotatable bonds is 2. The number of hydrazine groups is 1. The van der Waals surface area contributed by atoms with Crippen molar-refractivity contribution in [2.24, 2.45) is 0 Å². The zero-order valence-electron chi connectivity index (χ0n) is 5.58. The smallest absolute Gasteiger partial charge is 0.0794 e. The third-order valence-electron chi connectivity index (χ3n) is 2.47. The van der Waals surface area contributed by atoms with E-state index in [2.05, 4.69) is 10.0 Å². The van der Waals surface area contributed by atoms with Crippen LogP contribution in [0.4, 0.5) is 0 Å². The van der Waals surface area contributed by atoms with Crippen LogP contribution in [0.15, 0.2) is 0 Å². The molecule has 0 bridgehead atoms. The summed E-state index contributed by atoms with van der Waals surface area (Å²) in [5.74, 6) is 0. The second-order valence-corrected chi connectivity index (χ2v) is 3.48. The number of nitrogens with zero attached hydrogens (tertiary/aromatic N) is 2. The fraction of sp³-hybridized carbons (Fsp3) is 1.00. The molecule has 0 aromatic heterocycles. The van der Waals surface area contributed by atoms with Crippen molar-refractivity contribution in [2.75, 3.05) is 6.67 Å². The Balaban J connectivity index is 1.61. The van der Waals surface area contributed by atoms with Crippen LogP contribution in [0.3, 0.4) is 0 Å². The van der Waals surface area contributed by atoms with Gasteiger partial charge in [0.2, 0.25) is 0 Å². The van der Waals surface area contributed by atoms with E-state index in [-0.39, 0.29) is 0 Å². The molecule has 2 aliphatic carbocycles. The van der Waals surface area contributed by atoms with E-state index in [4.69, 9.17) is 0 Å². The Bertz CT molecular complexity index is 122. The maximum Gasteiger partial charge on any atom is 0.0794 e. The van der Waals surface area contributed by atoms with Gasteiger partial charge in [0.1, 0.15) is 0 Å². The highest BCUT2D eigenvalue weighted by molar-refractivity contribution is 4.95. The lowest BCUT2D eigenvalue weighted by Gasteiger charge is -1.98. The monoisotopic (exact) mass is 124 g/mol. The van der Waals surface area contributed by atoms with Crippen LogP contribution in [0, 0.1) is 0 Å². The van der Waals surface area contributed by atoms with Crippen molar-refractivity contribution in [3.8, 4) is 0 Å². The first kappa shape index (κ1) is 4.69. The highest BCUT2D eigenvalue weighted by Gasteiger charge is 2.49. The van der Waals surface area contributed by atoms with E-state index in [9.17, 15) is 0 Å². The molecular formula is C7H12N2. The summed E-state index contributed by atoms with van der Waals surface area (Å²) in [5.41, 5.74) is 0. The van der Waals surface area contributed by atoms with Gasteiger partial charge in [-0.1, -0.05) is 0 Å². The standard InChI is InChI=1S/C7H12N2/c1-2-6(1)8-5-9(8)7-3-4-7/h6-7H,1-5H2. The van der Waals surface area contributed by atoms with Crippen LogP contribution in [0.1, 0.15) is 25.7 Å². The zero-order chi connectivity index (χ0) is 5.84. The van der Waals surface area contributed by atoms with E-state index >= 15 is 0 Å². The molecule has 1 heterocycles. The summed E-state index contributed by atoms with van der Waals surface area (Å²) in [6, 6.07) is 1.95. The molecule has 3 rings (SSSR count). The van der Waals surface area contributed by atoms with Crippen molar-refractivity contribution < 1.29 is 0 Å². The summed E-state index contributed by atoms with van der Waals surface area (Å²) >= 11 is 0. The van der Waals surface area contributed by atoms with Crippen molar-refractivity contribution in [2.45, 2.75) is 37.8 Å². The average molecular weight is 124 g/mol. The van der Waals surface area contributed by atoms with Gasteiger partial charge in [-0.2, -0.15) is 0 Å². The minimum absolute atomic E-state index is 0.977. The van der Waals surface area contributed by atoms with Crippen molar-refractivity contribution in [1.29, 1.82) is 0 Å². The van der Waals surface area contributed by atoms with E-state index in [0.717, 1.165) is 12.1 Å². The minimum Gasteiger partial charge on any atom is -0.222 e. The Morgan fingerprint density at radius 2 is 1.22 bits per heavy atom. The van der Waals surface area contributed by atoms with Crippen LogP contribution < -0.4 is 0 Å². The third kappa shape index (κ3) is 0.700. The van der Waals surface area contributed by atoms with Crippen LogP contribution in [0.25, 0.3) is 0 Å². The molecule has 0 aromatic carbocycles. The Morgan fingerprint density at radius 1 is 0.778 bits per heavy atom. The van der Waals surface area contributed by atoms with Crippen LogP contribution in [0.2, 0.25) is 0 Å². The average Bonchev–Trinajstić information content (AvgIpc) is 2.67. The SMILES string of the molecule is C1CC1N1CN1C1CC1. The van der Waals surface area contributed by atoms with Crippen LogP contribution in [0.5, 0.6) is 0 Å². The van der Waals surface area contributed by atoms with Gasteiger partial charge in [-0.25, -0.2) is 10.0 Å². The molecule has 1 saturated heterocycles. The molecular weight excluding hydrogens is 112 g/mol. The topological polar surface area (TPSA) is 6.02 Å². The van der Waals surface area contributed by atoms with E-state index in [0.29, 0.717) is 0 Å². The maximum absolute atomic E-state index is 2.54. The highest BCUT2D eigenvalue weighted by Crippen LogP contribution is 2.42. The molecule has 0 radical (unpaired) electrons. The molecule has 9 heavy (non-hydrogen) atoms. The summed E-state index contributed by atoms with van der Waals surface area (Å²) in [7, 11) is 0. The lowest BCUT2D eigenvalue weighted by molar-refractivity contribution is 0.290. The molecule has 0 aromatic rings. The summed E-state index contributed by atoms with van der Waals surface area (Å²) in [4.78, 5) is 0. The molecule has 50 valence electrons. The second-order valence-electron chi connectivity index (χ2n) is 3.48. The van der Waals surface area contributed by atoms with Gasteiger partial charge < -0.3 is 0 Å². The van der Waals surface area contributed by atoms with E-state index < -0.39 is 0 Å². The molecule has 0 spiro atoms. The Labute approximate surface area is 55.4 Å². The van der Waals surface area contributed by atoms with Gasteiger partial charge in [-0.3, -0.25) is 0 Å². The molecule has 0 N–H and O–H groups in total. The summed E-state index contributed by atoms with van der Waals surface area (Å²) in [5, 5.41) is 5.08. The van der Waals surface area contributed by atoms with Crippen molar-refractivity contribution in [3.63, 3.8) is 0 Å². The predicted octanol–water partition coefficient (Wildman–Crippen LogP) is 0.801. The summed E-state index contributed by atoms with van der Waals surface area (Å²) in [6.07, 6.45) is 5.85. The second kappa shape index (κ2) is 1.32. The summed E-state index contributed by atoms with van der Waals surface area (Å²) in [6.45, 7) is 1.29. The molecule has 0 amide bonds. The number of hydrogen-bond acceptors (Lipinski definition) is 2. The molecule has 3 fully saturated rings. The van der Waals surface area contributed by atoms with Gasteiger partial charge in [0, 0.05) is 12.1 Å². The fourth-order valence-corrected chi connectivity index (χ4v) is 1.52.